The Morgan fingerprint density at radius 1 is 1.33 bits per heavy atom. The minimum Gasteiger partial charge on any atom is -0.329 e. The van der Waals surface area contributed by atoms with Gasteiger partial charge in [-0.05, 0) is 37.3 Å². The number of rotatable bonds is 3. The van der Waals surface area contributed by atoms with E-state index in [2.05, 4.69) is 49.9 Å². The molecule has 0 radical (unpaired) electrons. The van der Waals surface area contributed by atoms with Crippen molar-refractivity contribution in [1.82, 2.24) is 4.90 Å². The Balaban J connectivity index is 2.14. The first-order chi connectivity index (χ1) is 8.61. The molecule has 1 aliphatic rings. The van der Waals surface area contributed by atoms with Gasteiger partial charge >= 0.3 is 0 Å². The number of likely N-dealkylation sites (tertiary alicyclic amines) is 1. The molecule has 1 aromatic rings. The summed E-state index contributed by atoms with van der Waals surface area (Å²) in [4.78, 5) is 2.57. The lowest BCUT2D eigenvalue weighted by molar-refractivity contribution is 0.0983. The predicted molar refractivity (Wildman–Crippen MR) is 77.5 cm³/mol. The van der Waals surface area contributed by atoms with Crippen molar-refractivity contribution in [1.29, 1.82) is 0 Å². The van der Waals surface area contributed by atoms with Gasteiger partial charge in [-0.25, -0.2) is 0 Å². The van der Waals surface area contributed by atoms with Gasteiger partial charge < -0.3 is 5.73 Å². The maximum absolute atomic E-state index is 6.02. The molecule has 18 heavy (non-hydrogen) atoms. The first-order valence-corrected chi connectivity index (χ1v) is 7.12. The Hall–Kier alpha value is -0.860. The van der Waals surface area contributed by atoms with E-state index in [1.807, 2.05) is 0 Å². The molecule has 0 bridgehead atoms. The van der Waals surface area contributed by atoms with Crippen LogP contribution in [0.15, 0.2) is 24.3 Å². The average molecular weight is 246 g/mol. The first kappa shape index (κ1) is 13.6. The number of benzene rings is 1. The Labute approximate surface area is 111 Å². The summed E-state index contributed by atoms with van der Waals surface area (Å²) in [6.45, 7) is 9.95. The molecule has 2 rings (SSSR count). The second kappa shape index (κ2) is 5.85. The third kappa shape index (κ3) is 2.93. The number of hydrogen-bond acceptors (Lipinski definition) is 2. The maximum Gasteiger partial charge on any atom is 0.0470 e. The lowest BCUT2D eigenvalue weighted by Crippen LogP contribution is -2.43. The molecule has 1 saturated heterocycles. The summed E-state index contributed by atoms with van der Waals surface area (Å²) < 4.78 is 0. The summed E-state index contributed by atoms with van der Waals surface area (Å²) in [5.74, 6) is 1.62. The highest BCUT2D eigenvalue weighted by molar-refractivity contribution is 5.25. The van der Waals surface area contributed by atoms with Gasteiger partial charge in [-0.15, -0.1) is 0 Å². The molecule has 100 valence electrons. The van der Waals surface area contributed by atoms with Crippen LogP contribution >= 0.6 is 0 Å². The molecule has 2 nitrogen and oxygen atoms in total. The first-order valence-electron chi connectivity index (χ1n) is 7.12. The van der Waals surface area contributed by atoms with Crippen LogP contribution < -0.4 is 5.73 Å². The standard InChI is InChI=1S/C16H26N2/c1-12-5-4-6-15(9-12)16(10-17)18-8-7-13(2)14(3)11-18/h4-6,9,13-14,16H,7-8,10-11,17H2,1-3H3. The molecule has 0 aliphatic carbocycles. The molecule has 1 fully saturated rings. The number of aryl methyl sites for hydroxylation is 1. The van der Waals surface area contributed by atoms with Crippen LogP contribution in [-0.2, 0) is 0 Å². The summed E-state index contributed by atoms with van der Waals surface area (Å²) in [6.07, 6.45) is 1.30. The second-order valence-corrected chi connectivity index (χ2v) is 5.90. The van der Waals surface area contributed by atoms with Gasteiger partial charge in [-0.3, -0.25) is 4.90 Å². The zero-order chi connectivity index (χ0) is 13.1. The third-order valence-electron chi connectivity index (χ3n) is 4.46. The van der Waals surface area contributed by atoms with Crippen molar-refractivity contribution in [2.45, 2.75) is 33.2 Å². The van der Waals surface area contributed by atoms with Crippen molar-refractivity contribution in [3.8, 4) is 0 Å². The largest absolute Gasteiger partial charge is 0.329 e. The van der Waals surface area contributed by atoms with Crippen LogP contribution in [0.5, 0.6) is 0 Å². The lowest BCUT2D eigenvalue weighted by atomic mass is 9.87. The minimum absolute atomic E-state index is 0.389. The monoisotopic (exact) mass is 246 g/mol. The highest BCUT2D eigenvalue weighted by Gasteiger charge is 2.27. The van der Waals surface area contributed by atoms with E-state index in [1.54, 1.807) is 0 Å². The second-order valence-electron chi connectivity index (χ2n) is 5.90. The van der Waals surface area contributed by atoms with E-state index in [9.17, 15) is 0 Å². The quantitative estimate of drug-likeness (QED) is 0.888. The summed E-state index contributed by atoms with van der Waals surface area (Å²) in [6, 6.07) is 9.18. The molecule has 2 heteroatoms. The van der Waals surface area contributed by atoms with Gasteiger partial charge in [0.05, 0.1) is 0 Å². The van der Waals surface area contributed by atoms with Crippen LogP contribution in [0.3, 0.4) is 0 Å². The number of nitrogens with zero attached hydrogens (tertiary/aromatic N) is 1. The van der Waals surface area contributed by atoms with E-state index in [-0.39, 0.29) is 0 Å². The van der Waals surface area contributed by atoms with Gasteiger partial charge in [-0.1, -0.05) is 43.7 Å². The van der Waals surface area contributed by atoms with Crippen molar-refractivity contribution in [3.05, 3.63) is 35.4 Å². The SMILES string of the molecule is Cc1cccc(C(CN)N2CCC(C)C(C)C2)c1. The van der Waals surface area contributed by atoms with Gasteiger partial charge in [0, 0.05) is 19.1 Å². The van der Waals surface area contributed by atoms with E-state index in [0.29, 0.717) is 12.6 Å². The topological polar surface area (TPSA) is 29.3 Å². The van der Waals surface area contributed by atoms with Crippen LogP contribution in [-0.4, -0.2) is 24.5 Å². The molecule has 0 aromatic heterocycles. The van der Waals surface area contributed by atoms with Crippen LogP contribution in [0, 0.1) is 18.8 Å². The summed E-state index contributed by atoms with van der Waals surface area (Å²) in [7, 11) is 0. The van der Waals surface area contributed by atoms with E-state index in [1.165, 1.54) is 30.6 Å². The van der Waals surface area contributed by atoms with Crippen molar-refractivity contribution in [2.75, 3.05) is 19.6 Å². The normalized spacial score (nSPS) is 27.1. The average Bonchev–Trinajstić information content (AvgIpc) is 2.35. The molecule has 3 atom stereocenters. The number of hydrogen-bond donors (Lipinski definition) is 1. The number of piperidine rings is 1. The Kier molecular flexibility index (Phi) is 4.41. The molecular formula is C16H26N2. The predicted octanol–water partition coefficient (Wildman–Crippen LogP) is 2.97. The van der Waals surface area contributed by atoms with Crippen LogP contribution in [0.4, 0.5) is 0 Å². The molecule has 1 aromatic carbocycles. The van der Waals surface area contributed by atoms with Gasteiger partial charge in [0.2, 0.25) is 0 Å². The smallest absolute Gasteiger partial charge is 0.0470 e. The van der Waals surface area contributed by atoms with Gasteiger partial charge in [0.25, 0.3) is 0 Å². The maximum atomic E-state index is 6.02. The van der Waals surface area contributed by atoms with Crippen LogP contribution in [0.1, 0.15) is 37.4 Å². The third-order valence-corrected chi connectivity index (χ3v) is 4.46. The van der Waals surface area contributed by atoms with Crippen molar-refractivity contribution >= 4 is 0 Å². The lowest BCUT2D eigenvalue weighted by Gasteiger charge is -2.40. The van der Waals surface area contributed by atoms with E-state index in [4.69, 9.17) is 5.73 Å². The highest BCUT2D eigenvalue weighted by Crippen LogP contribution is 2.29. The zero-order valence-corrected chi connectivity index (χ0v) is 11.9. The fourth-order valence-electron chi connectivity index (χ4n) is 2.95. The highest BCUT2D eigenvalue weighted by atomic mass is 15.2. The van der Waals surface area contributed by atoms with Crippen molar-refractivity contribution in [2.24, 2.45) is 17.6 Å². The van der Waals surface area contributed by atoms with E-state index in [0.717, 1.165) is 11.8 Å². The minimum atomic E-state index is 0.389. The summed E-state index contributed by atoms with van der Waals surface area (Å²) >= 11 is 0. The zero-order valence-electron chi connectivity index (χ0n) is 11.9. The molecule has 1 aliphatic heterocycles. The molecule has 3 unspecified atom stereocenters. The molecular weight excluding hydrogens is 220 g/mol. The van der Waals surface area contributed by atoms with Crippen LogP contribution in [0.25, 0.3) is 0 Å². The van der Waals surface area contributed by atoms with Crippen molar-refractivity contribution < 1.29 is 0 Å². The molecule has 0 spiro atoms. The number of nitrogens with two attached hydrogens (primary N) is 1. The summed E-state index contributed by atoms with van der Waals surface area (Å²) in [5.41, 5.74) is 8.72. The Bertz CT molecular complexity index is 388. The van der Waals surface area contributed by atoms with E-state index >= 15 is 0 Å². The summed E-state index contributed by atoms with van der Waals surface area (Å²) in [5, 5.41) is 0. The fraction of sp³-hybridized carbons (Fsp3) is 0.625. The molecule has 0 saturated carbocycles. The van der Waals surface area contributed by atoms with Crippen molar-refractivity contribution in [3.63, 3.8) is 0 Å². The molecule has 1 heterocycles. The molecule has 2 N–H and O–H groups in total. The molecule has 0 amide bonds. The Morgan fingerprint density at radius 2 is 2.11 bits per heavy atom. The van der Waals surface area contributed by atoms with Gasteiger partial charge in [-0.2, -0.15) is 0 Å². The fourth-order valence-corrected chi connectivity index (χ4v) is 2.95. The van der Waals surface area contributed by atoms with Gasteiger partial charge in [0.15, 0.2) is 0 Å². The Morgan fingerprint density at radius 3 is 2.72 bits per heavy atom. The van der Waals surface area contributed by atoms with Crippen LogP contribution in [0.2, 0.25) is 0 Å². The van der Waals surface area contributed by atoms with Gasteiger partial charge in [0.1, 0.15) is 0 Å². The van der Waals surface area contributed by atoms with E-state index < -0.39 is 0 Å².